The van der Waals surface area contributed by atoms with E-state index in [-0.39, 0.29) is 15.8 Å². The summed E-state index contributed by atoms with van der Waals surface area (Å²) in [4.78, 5) is 0. The Kier molecular flexibility index (Phi) is 11.7. The maximum absolute atomic E-state index is 2.89. The fraction of sp³-hybridized carbons (Fsp3) is 0.500. The van der Waals surface area contributed by atoms with Gasteiger partial charge in [0.05, 0.1) is 0 Å². The van der Waals surface area contributed by atoms with Crippen molar-refractivity contribution in [2.24, 2.45) is 0 Å². The van der Waals surface area contributed by atoms with Crippen LogP contribution in [0, 0.1) is 6.07 Å². The minimum Gasteiger partial charge on any atom is -0.184 e. The number of benzene rings is 2. The van der Waals surface area contributed by atoms with E-state index in [0.29, 0.717) is 0 Å². The molecule has 2 aromatic rings. The van der Waals surface area contributed by atoms with Gasteiger partial charge in [-0.05, 0) is 58.9 Å². The molecule has 2 fully saturated rings. The van der Waals surface area contributed by atoms with Crippen molar-refractivity contribution < 1.29 is 15.6 Å². The summed E-state index contributed by atoms with van der Waals surface area (Å²) in [6.07, 6.45) is 5.79. The topological polar surface area (TPSA) is 0 Å². The average Bonchev–Trinajstić information content (AvgIpc) is 3.26. The first-order chi connectivity index (χ1) is 13.6. The first-order valence-electron chi connectivity index (χ1n) is 10.3. The second kappa shape index (κ2) is 13.2. The van der Waals surface area contributed by atoms with Gasteiger partial charge in [-0.2, -0.15) is 36.4 Å². The van der Waals surface area contributed by atoms with Crippen molar-refractivity contribution in [1.29, 1.82) is 0 Å². The number of halogens is 1. The van der Waals surface area contributed by atoms with Crippen molar-refractivity contribution in [2.75, 3.05) is 0 Å². The molecule has 2 aliphatic rings. The monoisotopic (exact) mass is 616 g/mol. The van der Waals surface area contributed by atoms with Crippen molar-refractivity contribution in [1.82, 2.24) is 0 Å². The number of hydrogen-bond acceptors (Lipinski definition) is 0. The van der Waals surface area contributed by atoms with Gasteiger partial charge in [0, 0.05) is 0 Å². The van der Waals surface area contributed by atoms with E-state index in [2.05, 4.69) is 73.6 Å². The van der Waals surface area contributed by atoms with E-state index in [1.165, 1.54) is 25.7 Å². The Morgan fingerprint density at radius 3 is 1.29 bits per heavy atom. The molecule has 0 bridgehead atoms. The summed E-state index contributed by atoms with van der Waals surface area (Å²) >= 11 is 4.72. The van der Waals surface area contributed by atoms with Crippen LogP contribution in [0.2, 0.25) is 0 Å². The van der Waals surface area contributed by atoms with Crippen LogP contribution in [-0.2, 0) is 15.6 Å². The first-order valence-corrected chi connectivity index (χ1v) is 17.9. The number of hydrogen-bond donors (Lipinski definition) is 0. The van der Waals surface area contributed by atoms with Gasteiger partial charge >= 0.3 is 35.1 Å². The van der Waals surface area contributed by atoms with Gasteiger partial charge in [0.1, 0.15) is 0 Å². The third-order valence-corrected chi connectivity index (χ3v) is 12.8. The average molecular weight is 617 g/mol. The molecule has 4 atom stereocenters. The fourth-order valence-electron chi connectivity index (χ4n) is 4.58. The Labute approximate surface area is 196 Å². The van der Waals surface area contributed by atoms with Crippen LogP contribution in [0.25, 0.3) is 0 Å². The SMILES string of the molecule is C[C@@H]1CC[C@@H](C)P1c1ccccc1P1[C@H](C)CC[C@H]1C.[Pd+][I].[c-]1ccccc1. The molecular formula is C24H33IP2Pd. The second-order valence-electron chi connectivity index (χ2n) is 7.93. The summed E-state index contributed by atoms with van der Waals surface area (Å²) in [6.45, 7) is 10.0. The molecule has 2 saturated heterocycles. The van der Waals surface area contributed by atoms with Gasteiger partial charge in [0.15, 0.2) is 0 Å². The van der Waals surface area contributed by atoms with Gasteiger partial charge in [-0.1, -0.05) is 67.8 Å². The van der Waals surface area contributed by atoms with E-state index < -0.39 is 0 Å². The number of rotatable bonds is 2. The smallest absolute Gasteiger partial charge is 0.171 e. The summed E-state index contributed by atoms with van der Waals surface area (Å²) in [6, 6.07) is 22.1. The standard InChI is InChI=1S/C18H28P2.C6H5.HI.Pd/c1-13-9-10-14(2)19(13)17-7-5-6-8-18(17)20-15(3)11-12-16(20)4;1-2-4-6-5-3-1;;/h5-8,13-16H,9-12H2,1-4H3;1-5H;1H;/q;-1;;+2/p-1/t13-,14-,15-,16-;;;/m1.../s1. The maximum Gasteiger partial charge on any atom is -0.171 e. The van der Waals surface area contributed by atoms with Crippen molar-refractivity contribution in [3.63, 3.8) is 0 Å². The van der Waals surface area contributed by atoms with E-state index in [9.17, 15) is 0 Å². The van der Waals surface area contributed by atoms with Crippen LogP contribution in [0.4, 0.5) is 0 Å². The van der Waals surface area contributed by atoms with Crippen LogP contribution in [0.1, 0.15) is 53.4 Å². The molecule has 0 aromatic heterocycles. The normalized spacial score (nSPS) is 27.5. The molecule has 0 nitrogen and oxygen atoms in total. The van der Waals surface area contributed by atoms with Crippen LogP contribution >= 0.6 is 35.4 Å². The van der Waals surface area contributed by atoms with Gasteiger partial charge < -0.3 is 0 Å². The van der Waals surface area contributed by atoms with E-state index in [1.807, 2.05) is 49.8 Å². The molecule has 0 amide bonds. The molecule has 0 aliphatic carbocycles. The summed E-state index contributed by atoms with van der Waals surface area (Å²) in [5.41, 5.74) is 3.74. The quantitative estimate of drug-likeness (QED) is 0.143. The van der Waals surface area contributed by atoms with Crippen molar-refractivity contribution >= 4 is 46.0 Å². The first kappa shape index (κ1) is 25.0. The van der Waals surface area contributed by atoms with E-state index in [1.54, 1.807) is 10.6 Å². The maximum atomic E-state index is 2.89. The van der Waals surface area contributed by atoms with Gasteiger partial charge in [-0.15, -0.1) is 0 Å². The summed E-state index contributed by atoms with van der Waals surface area (Å²) < 4.78 is 0. The third-order valence-electron chi connectivity index (χ3n) is 5.95. The molecule has 0 saturated carbocycles. The molecule has 0 spiro atoms. The zero-order valence-corrected chi connectivity index (χ0v) is 22.9. The van der Waals surface area contributed by atoms with Crippen LogP contribution in [0.3, 0.4) is 0 Å². The Balaban J connectivity index is 0.000000296. The predicted molar refractivity (Wildman–Crippen MR) is 135 cm³/mol. The van der Waals surface area contributed by atoms with Crippen LogP contribution in [-0.4, -0.2) is 22.6 Å². The van der Waals surface area contributed by atoms with Gasteiger partial charge in [0.25, 0.3) is 0 Å². The Morgan fingerprint density at radius 1 is 0.679 bits per heavy atom. The third kappa shape index (κ3) is 6.59. The Bertz CT molecular complexity index is 592. The minimum atomic E-state index is 0.0785. The van der Waals surface area contributed by atoms with Crippen molar-refractivity contribution in [2.45, 2.75) is 76.0 Å². The summed E-state index contributed by atoms with van der Waals surface area (Å²) in [5, 5.41) is 3.57. The molecule has 2 aromatic carbocycles. The molecule has 4 heteroatoms. The fourth-order valence-corrected chi connectivity index (χ4v) is 11.8. The zero-order chi connectivity index (χ0) is 20.5. The second-order valence-corrected chi connectivity index (χ2v) is 14.1. The minimum absolute atomic E-state index is 0.0785. The van der Waals surface area contributed by atoms with E-state index in [0.717, 1.165) is 22.6 Å². The molecule has 2 aliphatic heterocycles. The predicted octanol–water partition coefficient (Wildman–Crippen LogP) is 7.41. The molecular weight excluding hydrogens is 584 g/mol. The summed E-state index contributed by atoms with van der Waals surface area (Å²) in [5.74, 6) is 0. The Morgan fingerprint density at radius 2 is 1.04 bits per heavy atom. The molecule has 4 rings (SSSR count). The van der Waals surface area contributed by atoms with Crippen LogP contribution in [0.15, 0.2) is 54.6 Å². The summed E-state index contributed by atoms with van der Waals surface area (Å²) in [7, 11) is 0.157. The van der Waals surface area contributed by atoms with Gasteiger partial charge in [0.2, 0.25) is 0 Å². The Hall–Kier alpha value is 0.692. The van der Waals surface area contributed by atoms with Crippen molar-refractivity contribution in [3.8, 4) is 0 Å². The van der Waals surface area contributed by atoms with Gasteiger partial charge in [-0.25, -0.2) is 0 Å². The zero-order valence-electron chi connectivity index (χ0n) is 17.4. The molecule has 28 heavy (non-hydrogen) atoms. The van der Waals surface area contributed by atoms with Gasteiger partial charge in [-0.3, -0.25) is 0 Å². The van der Waals surface area contributed by atoms with E-state index >= 15 is 0 Å². The molecule has 0 unspecified atom stereocenters. The van der Waals surface area contributed by atoms with Crippen LogP contribution < -0.4 is 10.6 Å². The largest absolute Gasteiger partial charge is 0.184 e. The molecule has 0 radical (unpaired) electrons. The van der Waals surface area contributed by atoms with E-state index in [4.69, 9.17) is 0 Å². The van der Waals surface area contributed by atoms with Crippen molar-refractivity contribution in [3.05, 3.63) is 60.7 Å². The van der Waals surface area contributed by atoms with Crippen LogP contribution in [0.5, 0.6) is 0 Å². The molecule has 2 heterocycles. The molecule has 0 N–H and O–H groups in total. The molecule has 156 valence electrons.